The van der Waals surface area contributed by atoms with Gasteiger partial charge in [0.25, 0.3) is 0 Å². The van der Waals surface area contributed by atoms with Gasteiger partial charge >= 0.3 is 6.18 Å². The minimum Gasteiger partial charge on any atom is -0.328 e. The minimum atomic E-state index is -4.08. The maximum Gasteiger partial charge on any atom is 0.390 e. The molecule has 0 bridgehead atoms. The lowest BCUT2D eigenvalue weighted by molar-refractivity contribution is -0.138. The summed E-state index contributed by atoms with van der Waals surface area (Å²) >= 11 is 0. The van der Waals surface area contributed by atoms with Gasteiger partial charge in [-0.25, -0.2) is 4.98 Å². The van der Waals surface area contributed by atoms with Gasteiger partial charge in [0, 0.05) is 31.9 Å². The van der Waals surface area contributed by atoms with Gasteiger partial charge in [0.05, 0.1) is 13.0 Å². The summed E-state index contributed by atoms with van der Waals surface area (Å²) in [4.78, 5) is 6.09. The third kappa shape index (κ3) is 4.39. The van der Waals surface area contributed by atoms with Gasteiger partial charge in [-0.3, -0.25) is 0 Å². The highest BCUT2D eigenvalue weighted by Gasteiger charge is 2.30. The quantitative estimate of drug-likeness (QED) is 0.826. The molecule has 1 aliphatic rings. The normalized spacial score (nSPS) is 17.3. The van der Waals surface area contributed by atoms with Gasteiger partial charge in [0.1, 0.15) is 11.6 Å². The summed E-state index contributed by atoms with van der Waals surface area (Å²) in [6.45, 7) is 3.97. The van der Waals surface area contributed by atoms with Crippen LogP contribution in [0.25, 0.3) is 0 Å². The second-order valence-electron chi connectivity index (χ2n) is 6.62. The van der Waals surface area contributed by atoms with Gasteiger partial charge in [0.2, 0.25) is 0 Å². The molecular weight excluding hydrogens is 333 g/mol. The number of hydrogen-bond donors (Lipinski definition) is 0. The number of imidazole rings is 1. The molecule has 0 unspecified atom stereocenters. The highest BCUT2D eigenvalue weighted by atomic mass is 19.4. The van der Waals surface area contributed by atoms with Crippen LogP contribution in [-0.2, 0) is 13.6 Å². The molecule has 1 saturated heterocycles. The number of piperidine rings is 1. The maximum atomic E-state index is 12.3. The fraction of sp³-hybridized carbons (Fsp3) is 0.688. The lowest BCUT2D eigenvalue weighted by Crippen LogP contribution is -2.36. The van der Waals surface area contributed by atoms with Crippen LogP contribution in [-0.4, -0.2) is 55.0 Å². The minimum absolute atomic E-state index is 0.0835. The van der Waals surface area contributed by atoms with E-state index in [1.165, 1.54) is 0 Å². The summed E-state index contributed by atoms with van der Waals surface area (Å²) < 4.78 is 41.0. The van der Waals surface area contributed by atoms with Gasteiger partial charge in [0.15, 0.2) is 5.82 Å². The number of rotatable bonds is 5. The van der Waals surface area contributed by atoms with Crippen LogP contribution >= 0.6 is 0 Å². The Morgan fingerprint density at radius 3 is 2.52 bits per heavy atom. The Kier molecular flexibility index (Phi) is 5.12. The molecule has 0 spiro atoms. The highest BCUT2D eigenvalue weighted by molar-refractivity contribution is 5.05. The maximum absolute atomic E-state index is 12.3. The van der Waals surface area contributed by atoms with Crippen molar-refractivity contribution >= 4 is 0 Å². The first kappa shape index (κ1) is 17.9. The molecule has 3 heterocycles. The predicted octanol–water partition coefficient (Wildman–Crippen LogP) is 2.50. The molecule has 1 fully saturated rings. The first-order chi connectivity index (χ1) is 11.8. The smallest absolute Gasteiger partial charge is 0.328 e. The molecule has 3 rings (SSSR count). The van der Waals surface area contributed by atoms with E-state index in [-0.39, 0.29) is 12.5 Å². The number of aryl methyl sites for hydroxylation is 1. The van der Waals surface area contributed by atoms with Crippen molar-refractivity contribution < 1.29 is 13.2 Å². The fourth-order valence-electron chi connectivity index (χ4n) is 3.29. The highest BCUT2D eigenvalue weighted by Crippen LogP contribution is 2.28. The molecule has 0 atom stereocenters. The number of alkyl halides is 3. The van der Waals surface area contributed by atoms with Gasteiger partial charge < -0.3 is 14.0 Å². The van der Waals surface area contributed by atoms with Crippen LogP contribution in [0.4, 0.5) is 13.2 Å². The molecule has 0 radical (unpaired) electrons. The summed E-state index contributed by atoms with van der Waals surface area (Å²) in [7, 11) is 1.95. The van der Waals surface area contributed by atoms with E-state index in [2.05, 4.69) is 15.2 Å². The molecule has 0 aromatic carbocycles. The Balaban J connectivity index is 1.58. The summed E-state index contributed by atoms with van der Waals surface area (Å²) in [6, 6.07) is 0. The molecule has 2 aromatic rings. The van der Waals surface area contributed by atoms with Crippen molar-refractivity contribution in [2.75, 3.05) is 19.6 Å². The van der Waals surface area contributed by atoms with Crippen molar-refractivity contribution in [3.05, 3.63) is 29.9 Å². The summed E-state index contributed by atoms with van der Waals surface area (Å²) in [5, 5.41) is 8.64. The molecule has 6 nitrogen and oxygen atoms in total. The van der Waals surface area contributed by atoms with E-state index in [0.29, 0.717) is 19.6 Å². The van der Waals surface area contributed by atoms with Crippen LogP contribution in [0, 0.1) is 6.92 Å². The lowest BCUT2D eigenvalue weighted by Gasteiger charge is -2.31. The number of nitrogens with zero attached hydrogens (tertiary/aromatic N) is 6. The van der Waals surface area contributed by atoms with E-state index < -0.39 is 12.6 Å². The van der Waals surface area contributed by atoms with E-state index in [1.807, 2.05) is 34.2 Å². The molecule has 0 N–H and O–H groups in total. The van der Waals surface area contributed by atoms with Gasteiger partial charge in [-0.2, -0.15) is 13.2 Å². The Hall–Kier alpha value is -1.90. The third-order valence-electron chi connectivity index (χ3n) is 4.90. The zero-order valence-corrected chi connectivity index (χ0v) is 14.5. The van der Waals surface area contributed by atoms with Crippen molar-refractivity contribution in [2.24, 2.45) is 7.05 Å². The Bertz CT molecular complexity index is 697. The van der Waals surface area contributed by atoms with Gasteiger partial charge in [-0.05, 0) is 32.9 Å². The molecule has 2 aromatic heterocycles. The molecule has 0 aliphatic carbocycles. The first-order valence-electron chi connectivity index (χ1n) is 8.48. The van der Waals surface area contributed by atoms with Gasteiger partial charge in [-0.15, -0.1) is 10.2 Å². The van der Waals surface area contributed by atoms with E-state index in [1.54, 1.807) is 6.20 Å². The molecule has 9 heteroatoms. The van der Waals surface area contributed by atoms with Crippen molar-refractivity contribution in [3.8, 4) is 0 Å². The summed E-state index contributed by atoms with van der Waals surface area (Å²) in [5.74, 6) is 2.94. The summed E-state index contributed by atoms with van der Waals surface area (Å²) in [6.07, 6.45) is 0.463. The molecule has 138 valence electrons. The Morgan fingerprint density at radius 2 is 1.92 bits per heavy atom. The molecule has 1 aliphatic heterocycles. The molecule has 25 heavy (non-hydrogen) atoms. The number of hydrogen-bond acceptors (Lipinski definition) is 4. The Labute approximate surface area is 144 Å². The average Bonchev–Trinajstić information content (AvgIpc) is 3.13. The zero-order valence-electron chi connectivity index (χ0n) is 14.5. The largest absolute Gasteiger partial charge is 0.390 e. The predicted molar refractivity (Wildman–Crippen MR) is 86.2 cm³/mol. The van der Waals surface area contributed by atoms with E-state index in [0.717, 1.165) is 30.3 Å². The van der Waals surface area contributed by atoms with Crippen molar-refractivity contribution in [2.45, 2.75) is 44.8 Å². The fourth-order valence-corrected chi connectivity index (χ4v) is 3.29. The second-order valence-corrected chi connectivity index (χ2v) is 6.62. The molecular formula is C16H23F3N6. The van der Waals surface area contributed by atoms with Crippen LogP contribution in [0.3, 0.4) is 0 Å². The van der Waals surface area contributed by atoms with Crippen LogP contribution in [0.1, 0.15) is 42.7 Å². The summed E-state index contributed by atoms with van der Waals surface area (Å²) in [5.41, 5.74) is 0. The van der Waals surface area contributed by atoms with Crippen molar-refractivity contribution in [1.82, 2.24) is 29.2 Å². The third-order valence-corrected chi connectivity index (χ3v) is 4.90. The SMILES string of the molecule is Cc1nccn1Cc1nnc(C2CCN(CCC(F)(F)F)CC2)n1C. The van der Waals surface area contributed by atoms with E-state index in [9.17, 15) is 13.2 Å². The van der Waals surface area contributed by atoms with E-state index in [4.69, 9.17) is 0 Å². The van der Waals surface area contributed by atoms with E-state index >= 15 is 0 Å². The topological polar surface area (TPSA) is 51.8 Å². The number of aromatic nitrogens is 5. The standard InChI is InChI=1S/C16H23F3N6/c1-12-20-6-10-25(12)11-14-21-22-15(23(14)2)13-3-7-24(8-4-13)9-5-16(17,18)19/h6,10,13H,3-5,7-9,11H2,1-2H3. The Morgan fingerprint density at radius 1 is 1.20 bits per heavy atom. The lowest BCUT2D eigenvalue weighted by atomic mass is 9.96. The first-order valence-corrected chi connectivity index (χ1v) is 8.48. The van der Waals surface area contributed by atoms with Crippen molar-refractivity contribution in [3.63, 3.8) is 0 Å². The zero-order chi connectivity index (χ0) is 18.0. The van der Waals surface area contributed by atoms with Gasteiger partial charge in [-0.1, -0.05) is 0 Å². The van der Waals surface area contributed by atoms with Crippen LogP contribution < -0.4 is 0 Å². The van der Waals surface area contributed by atoms with Crippen LogP contribution in [0.15, 0.2) is 12.4 Å². The monoisotopic (exact) mass is 356 g/mol. The number of likely N-dealkylation sites (tertiary alicyclic amines) is 1. The van der Waals surface area contributed by atoms with Crippen LogP contribution in [0.2, 0.25) is 0 Å². The average molecular weight is 356 g/mol. The molecule has 0 amide bonds. The molecule has 0 saturated carbocycles. The van der Waals surface area contributed by atoms with Crippen LogP contribution in [0.5, 0.6) is 0 Å². The number of halogens is 3. The second kappa shape index (κ2) is 7.15. The van der Waals surface area contributed by atoms with Crippen molar-refractivity contribution in [1.29, 1.82) is 0 Å².